The lowest BCUT2D eigenvalue weighted by molar-refractivity contribution is 0.355. The van der Waals surface area contributed by atoms with Crippen LogP contribution in [0.3, 0.4) is 0 Å². The number of ether oxygens (including phenoxy) is 1. The fraction of sp³-hybridized carbons (Fsp3) is 0.615. The van der Waals surface area contributed by atoms with Crippen LogP contribution in [0.1, 0.15) is 24.1 Å². The fourth-order valence-corrected chi connectivity index (χ4v) is 2.50. The third-order valence-electron chi connectivity index (χ3n) is 3.54. The lowest BCUT2D eigenvalue weighted by atomic mass is 10.1. The molecule has 0 aliphatic carbocycles. The van der Waals surface area contributed by atoms with Crippen LogP contribution in [0.4, 0.5) is 0 Å². The van der Waals surface area contributed by atoms with Gasteiger partial charge in [-0.1, -0.05) is 0 Å². The molecule has 0 spiro atoms. The molecule has 4 heteroatoms. The zero-order valence-electron chi connectivity index (χ0n) is 10.0. The van der Waals surface area contributed by atoms with Crippen molar-refractivity contribution >= 4 is 0 Å². The van der Waals surface area contributed by atoms with Crippen molar-refractivity contribution in [1.82, 2.24) is 15.6 Å². The summed E-state index contributed by atoms with van der Waals surface area (Å²) < 4.78 is 5.46. The Bertz CT molecular complexity index is 388. The number of fused-ring (bicyclic) bond motifs is 1. The number of pyridine rings is 1. The van der Waals surface area contributed by atoms with Gasteiger partial charge in [0.2, 0.25) is 0 Å². The molecule has 2 N–H and O–H groups in total. The van der Waals surface area contributed by atoms with E-state index in [0.717, 1.165) is 44.1 Å². The van der Waals surface area contributed by atoms with Crippen LogP contribution < -0.4 is 15.4 Å². The maximum Gasteiger partial charge on any atom is 0.140 e. The first-order valence-electron chi connectivity index (χ1n) is 6.46. The van der Waals surface area contributed by atoms with Gasteiger partial charge >= 0.3 is 0 Å². The fourth-order valence-electron chi connectivity index (χ4n) is 2.50. The zero-order chi connectivity index (χ0) is 11.5. The molecule has 17 heavy (non-hydrogen) atoms. The minimum absolute atomic E-state index is 0.641. The Hall–Kier alpha value is -1.13. The predicted octanol–water partition coefficient (Wildman–Crippen LogP) is 0.858. The summed E-state index contributed by atoms with van der Waals surface area (Å²) in [6.07, 6.45) is 5.32. The number of hydrogen-bond donors (Lipinski definition) is 2. The van der Waals surface area contributed by atoms with Crippen molar-refractivity contribution in [3.05, 3.63) is 23.5 Å². The van der Waals surface area contributed by atoms with Gasteiger partial charge in [-0.2, -0.15) is 0 Å². The topological polar surface area (TPSA) is 46.2 Å². The summed E-state index contributed by atoms with van der Waals surface area (Å²) >= 11 is 0. The van der Waals surface area contributed by atoms with Crippen LogP contribution in [0.15, 0.2) is 12.3 Å². The summed E-state index contributed by atoms with van der Waals surface area (Å²) in [6.45, 7) is 3.94. The van der Waals surface area contributed by atoms with Crippen LogP contribution in [0.2, 0.25) is 0 Å². The van der Waals surface area contributed by atoms with Crippen LogP contribution in [0.5, 0.6) is 5.75 Å². The highest BCUT2D eigenvalue weighted by atomic mass is 16.5. The molecule has 2 aliphatic rings. The molecule has 0 radical (unpaired) electrons. The van der Waals surface area contributed by atoms with Crippen molar-refractivity contribution in [3.8, 4) is 5.75 Å². The second-order valence-corrected chi connectivity index (χ2v) is 4.79. The summed E-state index contributed by atoms with van der Waals surface area (Å²) in [5.74, 6) is 0.968. The average Bonchev–Trinajstić information content (AvgIpc) is 2.85. The molecule has 0 saturated carbocycles. The number of rotatable bonds is 3. The zero-order valence-corrected chi connectivity index (χ0v) is 10.0. The van der Waals surface area contributed by atoms with Crippen LogP contribution >= 0.6 is 0 Å². The van der Waals surface area contributed by atoms with E-state index in [-0.39, 0.29) is 0 Å². The lowest BCUT2D eigenvalue weighted by Crippen LogP contribution is -2.39. The van der Waals surface area contributed by atoms with Gasteiger partial charge in [0, 0.05) is 24.6 Å². The van der Waals surface area contributed by atoms with E-state index in [1.807, 2.05) is 6.20 Å². The molecular formula is C13H19N3O. The lowest BCUT2D eigenvalue weighted by Gasteiger charge is -2.23. The Morgan fingerprint density at radius 2 is 2.29 bits per heavy atom. The van der Waals surface area contributed by atoms with Crippen molar-refractivity contribution in [2.75, 3.05) is 19.7 Å². The van der Waals surface area contributed by atoms with Gasteiger partial charge in [-0.15, -0.1) is 0 Å². The van der Waals surface area contributed by atoms with Gasteiger partial charge in [-0.3, -0.25) is 4.98 Å². The Labute approximate surface area is 102 Å². The second kappa shape index (κ2) is 5.02. The molecule has 1 fully saturated rings. The van der Waals surface area contributed by atoms with E-state index >= 15 is 0 Å². The quantitative estimate of drug-likeness (QED) is 0.813. The number of hydrogen-bond acceptors (Lipinski definition) is 4. The van der Waals surface area contributed by atoms with Crippen molar-refractivity contribution in [2.24, 2.45) is 0 Å². The number of aromatic nitrogens is 1. The molecule has 0 amide bonds. The highest BCUT2D eigenvalue weighted by molar-refractivity contribution is 5.35. The summed E-state index contributed by atoms with van der Waals surface area (Å²) in [7, 11) is 0. The van der Waals surface area contributed by atoms with Gasteiger partial charge in [-0.05, 0) is 32.0 Å². The molecule has 0 aromatic carbocycles. The third-order valence-corrected chi connectivity index (χ3v) is 3.54. The summed E-state index contributed by atoms with van der Waals surface area (Å²) in [5.41, 5.74) is 2.44. The summed E-state index contributed by atoms with van der Waals surface area (Å²) in [5, 5.41) is 6.96. The van der Waals surface area contributed by atoms with Gasteiger partial charge in [0.25, 0.3) is 0 Å². The molecule has 1 aromatic rings. The monoisotopic (exact) mass is 233 g/mol. The first kappa shape index (κ1) is 11.0. The van der Waals surface area contributed by atoms with Crippen molar-refractivity contribution in [1.29, 1.82) is 0 Å². The van der Waals surface area contributed by atoms with E-state index < -0.39 is 0 Å². The Kier molecular flexibility index (Phi) is 3.25. The molecule has 2 aliphatic heterocycles. The van der Waals surface area contributed by atoms with Crippen molar-refractivity contribution < 1.29 is 4.74 Å². The maximum absolute atomic E-state index is 5.46. The number of nitrogens with one attached hydrogen (secondary N) is 2. The minimum Gasteiger partial charge on any atom is -0.491 e. The highest BCUT2D eigenvalue weighted by Gasteiger charge is 2.15. The van der Waals surface area contributed by atoms with Crippen molar-refractivity contribution in [3.63, 3.8) is 0 Å². The van der Waals surface area contributed by atoms with E-state index in [1.165, 1.54) is 18.4 Å². The molecular weight excluding hydrogens is 214 g/mol. The molecule has 3 heterocycles. The molecule has 3 rings (SSSR count). The molecule has 1 aromatic heterocycles. The van der Waals surface area contributed by atoms with Gasteiger partial charge in [0.15, 0.2) is 0 Å². The van der Waals surface area contributed by atoms with E-state index in [1.54, 1.807) is 0 Å². The van der Waals surface area contributed by atoms with Crippen LogP contribution in [-0.2, 0) is 13.0 Å². The van der Waals surface area contributed by atoms with Gasteiger partial charge < -0.3 is 15.4 Å². The first-order valence-corrected chi connectivity index (χ1v) is 6.46. The SMILES string of the molecule is c1c(CNC2CCNCC2)ncc2c1CCO2. The van der Waals surface area contributed by atoms with E-state index in [4.69, 9.17) is 4.74 Å². The molecule has 0 unspecified atom stereocenters. The largest absolute Gasteiger partial charge is 0.491 e. The molecule has 1 saturated heterocycles. The van der Waals surface area contributed by atoms with Gasteiger partial charge in [-0.25, -0.2) is 0 Å². The summed E-state index contributed by atoms with van der Waals surface area (Å²) in [6, 6.07) is 2.82. The molecule has 0 bridgehead atoms. The number of piperidine rings is 1. The standard InChI is InChI=1S/C13H19N3O/c1-4-14-5-2-11(1)15-8-12-7-10-3-6-17-13(10)9-16-12/h7,9,11,14-15H,1-6,8H2. The van der Waals surface area contributed by atoms with Crippen LogP contribution in [0, 0.1) is 0 Å². The van der Waals surface area contributed by atoms with Gasteiger partial charge in [0.05, 0.1) is 18.5 Å². The first-order chi connectivity index (χ1) is 8.42. The van der Waals surface area contributed by atoms with E-state index in [2.05, 4.69) is 21.7 Å². The van der Waals surface area contributed by atoms with Crippen molar-refractivity contribution in [2.45, 2.75) is 31.8 Å². The average molecular weight is 233 g/mol. The van der Waals surface area contributed by atoms with Crippen LogP contribution in [0.25, 0.3) is 0 Å². The minimum atomic E-state index is 0.641. The van der Waals surface area contributed by atoms with Crippen LogP contribution in [-0.4, -0.2) is 30.7 Å². The normalized spacial score (nSPS) is 20.0. The predicted molar refractivity (Wildman–Crippen MR) is 66.2 cm³/mol. The Morgan fingerprint density at radius 3 is 3.18 bits per heavy atom. The van der Waals surface area contributed by atoms with E-state index in [9.17, 15) is 0 Å². The maximum atomic E-state index is 5.46. The molecule has 92 valence electrons. The highest BCUT2D eigenvalue weighted by Crippen LogP contribution is 2.24. The number of nitrogens with zero attached hydrogens (tertiary/aromatic N) is 1. The third kappa shape index (κ3) is 2.58. The molecule has 4 nitrogen and oxygen atoms in total. The second-order valence-electron chi connectivity index (χ2n) is 4.79. The summed E-state index contributed by atoms with van der Waals surface area (Å²) in [4.78, 5) is 4.43. The Balaban J connectivity index is 1.57. The Morgan fingerprint density at radius 1 is 1.41 bits per heavy atom. The smallest absolute Gasteiger partial charge is 0.140 e. The van der Waals surface area contributed by atoms with Gasteiger partial charge in [0.1, 0.15) is 5.75 Å². The molecule has 0 atom stereocenters. The van der Waals surface area contributed by atoms with E-state index in [0.29, 0.717) is 6.04 Å².